The summed E-state index contributed by atoms with van der Waals surface area (Å²) in [7, 11) is -3.71. The van der Waals surface area contributed by atoms with Gasteiger partial charge in [-0.2, -0.15) is 13.1 Å². The molecular formula is C22H31ClN4O3S. The Labute approximate surface area is 191 Å². The third kappa shape index (κ3) is 6.43. The summed E-state index contributed by atoms with van der Waals surface area (Å²) in [5.41, 5.74) is 8.51. The van der Waals surface area contributed by atoms with E-state index < -0.39 is 21.8 Å². The van der Waals surface area contributed by atoms with Crippen molar-refractivity contribution in [1.82, 2.24) is 4.72 Å². The van der Waals surface area contributed by atoms with Gasteiger partial charge in [-0.3, -0.25) is 9.10 Å². The van der Waals surface area contributed by atoms with E-state index in [9.17, 15) is 13.2 Å². The molecule has 2 aromatic carbocycles. The lowest BCUT2D eigenvalue weighted by Gasteiger charge is -2.34. The van der Waals surface area contributed by atoms with E-state index in [-0.39, 0.29) is 18.3 Å². The lowest BCUT2D eigenvalue weighted by Crippen LogP contribution is -2.50. The normalized spacial score (nSPS) is 14.9. The smallest absolute Gasteiger partial charge is 0.302 e. The summed E-state index contributed by atoms with van der Waals surface area (Å²) in [5, 5.41) is 2.90. The molecule has 0 radical (unpaired) electrons. The van der Waals surface area contributed by atoms with Gasteiger partial charge in [0.05, 0.1) is 11.7 Å². The molecule has 0 bridgehead atoms. The van der Waals surface area contributed by atoms with Crippen LogP contribution in [0.5, 0.6) is 0 Å². The van der Waals surface area contributed by atoms with Gasteiger partial charge in [0.15, 0.2) is 0 Å². The molecule has 3 rings (SSSR count). The van der Waals surface area contributed by atoms with Gasteiger partial charge in [0.25, 0.3) is 0 Å². The molecule has 1 atom stereocenters. The fraction of sp³-hybridized carbons (Fsp3) is 0.409. The molecule has 0 saturated heterocycles. The number of anilines is 2. The second-order valence-electron chi connectivity index (χ2n) is 8.62. The van der Waals surface area contributed by atoms with E-state index in [0.717, 1.165) is 11.1 Å². The number of halogens is 1. The molecule has 0 fully saturated rings. The van der Waals surface area contributed by atoms with Crippen LogP contribution in [0.1, 0.15) is 38.3 Å². The molecule has 0 aromatic heterocycles. The highest BCUT2D eigenvalue weighted by molar-refractivity contribution is 7.90. The molecule has 2 aromatic rings. The Morgan fingerprint density at radius 3 is 2.45 bits per heavy atom. The quantitative estimate of drug-likeness (QED) is 0.608. The second-order valence-corrected chi connectivity index (χ2v) is 10.2. The van der Waals surface area contributed by atoms with Gasteiger partial charge in [-0.25, -0.2) is 0 Å². The number of rotatable bonds is 6. The van der Waals surface area contributed by atoms with E-state index in [0.29, 0.717) is 37.2 Å². The highest BCUT2D eigenvalue weighted by Crippen LogP contribution is 2.34. The highest BCUT2D eigenvalue weighted by atomic mass is 35.5. The zero-order chi connectivity index (χ0) is 21.9. The number of nitrogens with zero attached hydrogens (tertiary/aromatic N) is 1. The monoisotopic (exact) mass is 466 g/mol. The zero-order valence-electron chi connectivity index (χ0n) is 18.1. The molecule has 31 heavy (non-hydrogen) atoms. The summed E-state index contributed by atoms with van der Waals surface area (Å²) >= 11 is 0. The molecular weight excluding hydrogens is 436 g/mol. The molecule has 170 valence electrons. The number of nitrogens with two attached hydrogens (primary N) is 1. The second kappa shape index (κ2) is 9.99. The summed E-state index contributed by atoms with van der Waals surface area (Å²) < 4.78 is 29.9. The maximum atomic E-state index is 12.9. The fourth-order valence-electron chi connectivity index (χ4n) is 3.59. The van der Waals surface area contributed by atoms with Gasteiger partial charge in [0.2, 0.25) is 5.91 Å². The molecule has 0 spiro atoms. The summed E-state index contributed by atoms with van der Waals surface area (Å²) in [4.78, 5) is 12.7. The van der Waals surface area contributed by atoms with Crippen LogP contribution in [-0.2, 0) is 27.8 Å². The minimum absolute atomic E-state index is 0. The lowest BCUT2D eigenvalue weighted by molar-refractivity contribution is -0.117. The van der Waals surface area contributed by atoms with Crippen molar-refractivity contribution < 1.29 is 13.2 Å². The van der Waals surface area contributed by atoms with Crippen molar-refractivity contribution in [2.75, 3.05) is 16.2 Å². The van der Waals surface area contributed by atoms with E-state index in [1.807, 2.05) is 30.3 Å². The van der Waals surface area contributed by atoms with Gasteiger partial charge in [0, 0.05) is 23.3 Å². The topological polar surface area (TPSA) is 105 Å². The average Bonchev–Trinajstić information content (AvgIpc) is 2.66. The Balaban J connectivity index is 0.00000341. The van der Waals surface area contributed by atoms with Crippen molar-refractivity contribution in [3.05, 3.63) is 59.7 Å². The number of hydrogen-bond donors (Lipinski definition) is 3. The first-order valence-electron chi connectivity index (χ1n) is 10.1. The van der Waals surface area contributed by atoms with E-state index in [4.69, 9.17) is 5.73 Å². The van der Waals surface area contributed by atoms with Crippen LogP contribution in [-0.4, -0.2) is 32.5 Å². The van der Waals surface area contributed by atoms with Crippen LogP contribution in [0, 0.1) is 0 Å². The maximum Gasteiger partial charge on any atom is 0.302 e. The molecule has 9 heteroatoms. The first kappa shape index (κ1) is 25.1. The maximum absolute atomic E-state index is 12.9. The van der Waals surface area contributed by atoms with E-state index >= 15 is 0 Å². The van der Waals surface area contributed by atoms with Crippen molar-refractivity contribution in [1.29, 1.82) is 0 Å². The van der Waals surface area contributed by atoms with Crippen LogP contribution >= 0.6 is 12.4 Å². The first-order valence-corrected chi connectivity index (χ1v) is 11.5. The zero-order valence-corrected chi connectivity index (χ0v) is 19.7. The SMILES string of the molecule is CC(C)(C)NS(=O)(=O)N1CCCc2c(NC(=O)C(N)Cc3ccccc3)cccc21.Cl. The number of carbonyl (C=O) groups is 1. The Morgan fingerprint density at radius 2 is 1.81 bits per heavy atom. The summed E-state index contributed by atoms with van der Waals surface area (Å²) in [6, 6.07) is 14.2. The molecule has 1 aliphatic heterocycles. The van der Waals surface area contributed by atoms with Crippen LogP contribution < -0.4 is 20.1 Å². The van der Waals surface area contributed by atoms with E-state index in [1.54, 1.807) is 39.0 Å². The molecule has 0 saturated carbocycles. The predicted octanol–water partition coefficient (Wildman–Crippen LogP) is 3.00. The van der Waals surface area contributed by atoms with Gasteiger partial charge < -0.3 is 11.1 Å². The van der Waals surface area contributed by atoms with Crippen LogP contribution in [0.25, 0.3) is 0 Å². The van der Waals surface area contributed by atoms with Crippen LogP contribution in [0.4, 0.5) is 11.4 Å². The van der Waals surface area contributed by atoms with Gasteiger partial charge in [0.1, 0.15) is 0 Å². The van der Waals surface area contributed by atoms with Gasteiger partial charge in [-0.1, -0.05) is 36.4 Å². The average molecular weight is 467 g/mol. The highest BCUT2D eigenvalue weighted by Gasteiger charge is 2.31. The lowest BCUT2D eigenvalue weighted by atomic mass is 10.0. The molecule has 1 aliphatic rings. The van der Waals surface area contributed by atoms with Crippen molar-refractivity contribution in [2.24, 2.45) is 5.73 Å². The number of carbonyl (C=O) groups excluding carboxylic acids is 1. The first-order chi connectivity index (χ1) is 14.1. The van der Waals surface area contributed by atoms with Crippen molar-refractivity contribution in [3.8, 4) is 0 Å². The van der Waals surface area contributed by atoms with Crippen LogP contribution in [0.2, 0.25) is 0 Å². The number of fused-ring (bicyclic) bond motifs is 1. The Bertz CT molecular complexity index is 1010. The Hall–Kier alpha value is -2.13. The molecule has 7 nitrogen and oxygen atoms in total. The van der Waals surface area contributed by atoms with Crippen molar-refractivity contribution in [2.45, 2.75) is 51.6 Å². The summed E-state index contributed by atoms with van der Waals surface area (Å²) in [6.07, 6.45) is 1.78. The predicted molar refractivity (Wildman–Crippen MR) is 128 cm³/mol. The van der Waals surface area contributed by atoms with Crippen molar-refractivity contribution in [3.63, 3.8) is 0 Å². The van der Waals surface area contributed by atoms with E-state index in [2.05, 4.69) is 10.0 Å². The number of amides is 1. The molecule has 1 amide bonds. The Kier molecular flexibility index (Phi) is 8.10. The fourth-order valence-corrected chi connectivity index (χ4v) is 5.27. The minimum atomic E-state index is -3.71. The molecule has 4 N–H and O–H groups in total. The van der Waals surface area contributed by atoms with Gasteiger partial charge in [-0.15, -0.1) is 12.4 Å². The Morgan fingerprint density at radius 1 is 1.13 bits per heavy atom. The van der Waals surface area contributed by atoms with Crippen LogP contribution in [0.15, 0.2) is 48.5 Å². The third-order valence-corrected chi connectivity index (χ3v) is 6.66. The van der Waals surface area contributed by atoms with Crippen molar-refractivity contribution >= 4 is 39.9 Å². The third-order valence-electron chi connectivity index (χ3n) is 4.83. The van der Waals surface area contributed by atoms with Crippen LogP contribution in [0.3, 0.4) is 0 Å². The van der Waals surface area contributed by atoms with E-state index in [1.165, 1.54) is 4.31 Å². The summed E-state index contributed by atoms with van der Waals surface area (Å²) in [5.74, 6) is -0.292. The largest absolute Gasteiger partial charge is 0.324 e. The number of hydrogen-bond acceptors (Lipinski definition) is 4. The van der Waals surface area contributed by atoms with Gasteiger partial charge >= 0.3 is 10.2 Å². The molecule has 0 aliphatic carbocycles. The van der Waals surface area contributed by atoms with Gasteiger partial charge in [-0.05, 0) is 57.7 Å². The summed E-state index contributed by atoms with van der Waals surface area (Å²) in [6.45, 7) is 5.81. The minimum Gasteiger partial charge on any atom is -0.324 e. The standard InChI is InChI=1S/C22H30N4O3S.ClH/c1-22(2,3)25-30(28,29)26-14-8-11-17-19(12-7-13-20(17)26)24-21(27)18(23)15-16-9-5-4-6-10-16;/h4-7,9-10,12-13,18,25H,8,11,14-15,23H2,1-3H3,(H,24,27);1H. The number of nitrogens with one attached hydrogen (secondary N) is 2. The molecule has 1 heterocycles. The molecule has 1 unspecified atom stereocenters. The number of benzene rings is 2.